The molecule has 1 atom stereocenters. The van der Waals surface area contributed by atoms with Crippen molar-refractivity contribution in [1.82, 2.24) is 9.55 Å². The van der Waals surface area contributed by atoms with Gasteiger partial charge in [-0.1, -0.05) is 24.3 Å². The van der Waals surface area contributed by atoms with Crippen LogP contribution in [-0.4, -0.2) is 20.8 Å². The monoisotopic (exact) mass is 216 g/mol. The minimum Gasteiger partial charge on any atom is -0.393 e. The van der Waals surface area contributed by atoms with E-state index in [0.717, 1.165) is 17.0 Å². The third-order valence-electron chi connectivity index (χ3n) is 2.59. The molecule has 3 heteroatoms. The summed E-state index contributed by atoms with van der Waals surface area (Å²) in [4.78, 5) is 4.34. The van der Waals surface area contributed by atoms with Gasteiger partial charge in [0, 0.05) is 25.0 Å². The predicted molar refractivity (Wildman–Crippen MR) is 64.0 cm³/mol. The smallest absolute Gasteiger partial charge is 0.139 e. The van der Waals surface area contributed by atoms with E-state index in [9.17, 15) is 5.11 Å². The first-order valence-electron chi connectivity index (χ1n) is 5.42. The molecule has 0 aliphatic heterocycles. The maximum absolute atomic E-state index is 9.47. The second-order valence-corrected chi connectivity index (χ2v) is 4.07. The van der Waals surface area contributed by atoms with Gasteiger partial charge >= 0.3 is 0 Å². The maximum atomic E-state index is 9.47. The Hall–Kier alpha value is -1.61. The zero-order valence-corrected chi connectivity index (χ0v) is 9.59. The van der Waals surface area contributed by atoms with E-state index in [-0.39, 0.29) is 6.10 Å². The number of hydrogen-bond acceptors (Lipinski definition) is 2. The van der Waals surface area contributed by atoms with Gasteiger partial charge in [0.2, 0.25) is 0 Å². The molecule has 0 aliphatic carbocycles. The molecule has 0 amide bonds. The number of benzene rings is 1. The van der Waals surface area contributed by atoms with Crippen LogP contribution in [0.1, 0.15) is 12.5 Å². The summed E-state index contributed by atoms with van der Waals surface area (Å²) in [5.41, 5.74) is 2.22. The molecular formula is C13H16N2O. The van der Waals surface area contributed by atoms with Crippen LogP contribution in [0.3, 0.4) is 0 Å². The molecule has 0 bridgehead atoms. The number of hydrogen-bond donors (Lipinski definition) is 1. The largest absolute Gasteiger partial charge is 0.393 e. The third-order valence-corrected chi connectivity index (χ3v) is 2.59. The Morgan fingerprint density at radius 2 is 2.12 bits per heavy atom. The van der Waals surface area contributed by atoms with Crippen LogP contribution in [0.2, 0.25) is 0 Å². The first kappa shape index (κ1) is 10.9. The van der Waals surface area contributed by atoms with Gasteiger partial charge in [0.15, 0.2) is 0 Å². The van der Waals surface area contributed by atoms with Crippen LogP contribution >= 0.6 is 0 Å². The molecule has 0 saturated carbocycles. The highest BCUT2D eigenvalue weighted by atomic mass is 16.3. The number of aliphatic hydroxyl groups excluding tert-OH is 1. The van der Waals surface area contributed by atoms with Crippen molar-refractivity contribution in [3.63, 3.8) is 0 Å². The highest BCUT2D eigenvalue weighted by Gasteiger charge is 2.09. The summed E-state index contributed by atoms with van der Waals surface area (Å²) in [5, 5.41) is 9.47. The molecule has 0 saturated heterocycles. The van der Waals surface area contributed by atoms with Crippen LogP contribution < -0.4 is 0 Å². The van der Waals surface area contributed by atoms with Crippen molar-refractivity contribution in [3.05, 3.63) is 42.2 Å². The number of rotatable bonds is 3. The van der Waals surface area contributed by atoms with Crippen molar-refractivity contribution in [1.29, 1.82) is 0 Å². The molecule has 3 nitrogen and oxygen atoms in total. The summed E-state index contributed by atoms with van der Waals surface area (Å²) < 4.78 is 1.99. The quantitative estimate of drug-likeness (QED) is 0.852. The first-order valence-corrected chi connectivity index (χ1v) is 5.42. The Bertz CT molecular complexity index is 474. The molecule has 0 aliphatic rings. The molecule has 2 aromatic rings. The molecular weight excluding hydrogens is 200 g/mol. The van der Waals surface area contributed by atoms with Gasteiger partial charge in [-0.2, -0.15) is 0 Å². The lowest BCUT2D eigenvalue weighted by atomic mass is 10.0. The zero-order chi connectivity index (χ0) is 11.5. The number of nitrogens with zero attached hydrogens (tertiary/aromatic N) is 2. The van der Waals surface area contributed by atoms with Gasteiger partial charge in [-0.3, -0.25) is 0 Å². The molecule has 1 aromatic carbocycles. The van der Waals surface area contributed by atoms with E-state index in [0.29, 0.717) is 6.42 Å². The normalized spacial score (nSPS) is 12.7. The molecule has 2 rings (SSSR count). The van der Waals surface area contributed by atoms with E-state index in [4.69, 9.17) is 0 Å². The van der Waals surface area contributed by atoms with E-state index in [2.05, 4.69) is 4.98 Å². The van der Waals surface area contributed by atoms with Crippen LogP contribution in [0.15, 0.2) is 36.7 Å². The van der Waals surface area contributed by atoms with Gasteiger partial charge in [0.05, 0.1) is 6.10 Å². The van der Waals surface area contributed by atoms with Crippen LogP contribution in [-0.2, 0) is 13.5 Å². The van der Waals surface area contributed by atoms with Crippen LogP contribution in [0, 0.1) is 0 Å². The average molecular weight is 216 g/mol. The highest BCUT2D eigenvalue weighted by Crippen LogP contribution is 2.22. The van der Waals surface area contributed by atoms with Crippen molar-refractivity contribution in [2.75, 3.05) is 0 Å². The Morgan fingerprint density at radius 3 is 2.75 bits per heavy atom. The number of aliphatic hydroxyl groups is 1. The van der Waals surface area contributed by atoms with E-state index < -0.39 is 0 Å². The predicted octanol–water partition coefficient (Wildman–Crippen LogP) is 2.01. The lowest BCUT2D eigenvalue weighted by Crippen LogP contribution is -2.06. The topological polar surface area (TPSA) is 38.1 Å². The van der Waals surface area contributed by atoms with Crippen molar-refractivity contribution >= 4 is 0 Å². The lowest BCUT2D eigenvalue weighted by molar-refractivity contribution is 0.195. The highest BCUT2D eigenvalue weighted by molar-refractivity contribution is 5.60. The van der Waals surface area contributed by atoms with Gasteiger partial charge in [-0.05, 0) is 18.9 Å². The summed E-state index contributed by atoms with van der Waals surface area (Å²) in [7, 11) is 1.97. The summed E-state index contributed by atoms with van der Waals surface area (Å²) in [6.07, 6.45) is 4.04. The summed E-state index contributed by atoms with van der Waals surface area (Å²) in [6.45, 7) is 1.80. The van der Waals surface area contributed by atoms with E-state index in [1.807, 2.05) is 42.1 Å². The number of aromatic nitrogens is 2. The zero-order valence-electron chi connectivity index (χ0n) is 9.59. The molecule has 1 aromatic heterocycles. The first-order chi connectivity index (χ1) is 7.68. The van der Waals surface area contributed by atoms with Gasteiger partial charge in [0.1, 0.15) is 5.82 Å². The van der Waals surface area contributed by atoms with Gasteiger partial charge in [-0.15, -0.1) is 0 Å². The second kappa shape index (κ2) is 4.49. The molecule has 84 valence electrons. The van der Waals surface area contributed by atoms with Crippen LogP contribution in [0.25, 0.3) is 11.4 Å². The fourth-order valence-electron chi connectivity index (χ4n) is 1.86. The Balaban J connectivity index is 2.44. The summed E-state index contributed by atoms with van der Waals surface area (Å²) in [5.74, 6) is 0.941. The average Bonchev–Trinajstić information content (AvgIpc) is 2.64. The molecule has 0 fully saturated rings. The molecule has 1 heterocycles. The van der Waals surface area contributed by atoms with Crippen molar-refractivity contribution in [2.24, 2.45) is 7.05 Å². The molecule has 1 N–H and O–H groups in total. The Labute approximate surface area is 95.4 Å². The maximum Gasteiger partial charge on any atom is 0.139 e. The van der Waals surface area contributed by atoms with Crippen LogP contribution in [0.4, 0.5) is 0 Å². The van der Waals surface area contributed by atoms with E-state index in [1.54, 1.807) is 13.1 Å². The van der Waals surface area contributed by atoms with Gasteiger partial charge < -0.3 is 9.67 Å². The number of aryl methyl sites for hydroxylation is 1. The van der Waals surface area contributed by atoms with Crippen molar-refractivity contribution < 1.29 is 5.11 Å². The van der Waals surface area contributed by atoms with Crippen molar-refractivity contribution in [2.45, 2.75) is 19.4 Å². The number of imidazole rings is 1. The molecule has 1 unspecified atom stereocenters. The Morgan fingerprint density at radius 1 is 1.38 bits per heavy atom. The SMILES string of the molecule is CC(O)Cc1ccccc1-c1nccn1C. The minimum atomic E-state index is -0.332. The minimum absolute atomic E-state index is 0.332. The van der Waals surface area contributed by atoms with E-state index >= 15 is 0 Å². The third kappa shape index (κ3) is 2.14. The summed E-state index contributed by atoms with van der Waals surface area (Å²) in [6, 6.07) is 8.07. The second-order valence-electron chi connectivity index (χ2n) is 4.07. The van der Waals surface area contributed by atoms with Crippen LogP contribution in [0.5, 0.6) is 0 Å². The molecule has 0 radical (unpaired) electrons. The molecule has 0 spiro atoms. The standard InChI is InChI=1S/C13H16N2O/c1-10(16)9-11-5-3-4-6-12(11)13-14-7-8-15(13)2/h3-8,10,16H,9H2,1-2H3. The summed E-state index contributed by atoms with van der Waals surface area (Å²) >= 11 is 0. The Kier molecular flexibility index (Phi) is 3.06. The van der Waals surface area contributed by atoms with E-state index in [1.165, 1.54) is 0 Å². The lowest BCUT2D eigenvalue weighted by Gasteiger charge is -2.10. The van der Waals surface area contributed by atoms with Crippen molar-refractivity contribution in [3.8, 4) is 11.4 Å². The van der Waals surface area contributed by atoms with Gasteiger partial charge in [-0.25, -0.2) is 4.98 Å². The fourth-order valence-corrected chi connectivity index (χ4v) is 1.86. The fraction of sp³-hybridized carbons (Fsp3) is 0.308. The van der Waals surface area contributed by atoms with Gasteiger partial charge in [0.25, 0.3) is 0 Å². The molecule has 16 heavy (non-hydrogen) atoms.